The summed E-state index contributed by atoms with van der Waals surface area (Å²) in [5.41, 5.74) is 3.69. The van der Waals surface area contributed by atoms with E-state index in [-0.39, 0.29) is 23.5 Å². The number of halogens is 1. The van der Waals surface area contributed by atoms with Gasteiger partial charge in [-0.2, -0.15) is 5.10 Å². The molecule has 1 aliphatic heterocycles. The van der Waals surface area contributed by atoms with Gasteiger partial charge in [0.15, 0.2) is 0 Å². The summed E-state index contributed by atoms with van der Waals surface area (Å²) in [5, 5.41) is 7.65. The number of piperidine rings is 1. The van der Waals surface area contributed by atoms with Gasteiger partial charge in [-0.25, -0.2) is 9.07 Å². The third-order valence-corrected chi connectivity index (χ3v) is 6.03. The molecule has 0 saturated carbocycles. The molecule has 1 fully saturated rings. The van der Waals surface area contributed by atoms with Crippen molar-refractivity contribution in [1.29, 1.82) is 0 Å². The van der Waals surface area contributed by atoms with Gasteiger partial charge >= 0.3 is 0 Å². The molecule has 0 atom stereocenters. The van der Waals surface area contributed by atoms with Crippen LogP contribution < -0.4 is 5.32 Å². The Morgan fingerprint density at radius 3 is 2.52 bits per heavy atom. The molecule has 7 heteroatoms. The van der Waals surface area contributed by atoms with Crippen LogP contribution in [0.3, 0.4) is 0 Å². The lowest BCUT2D eigenvalue weighted by Gasteiger charge is -2.31. The lowest BCUT2D eigenvalue weighted by molar-refractivity contribution is -0.126. The zero-order chi connectivity index (χ0) is 23.4. The topological polar surface area (TPSA) is 67.2 Å². The zero-order valence-corrected chi connectivity index (χ0v) is 19.1. The highest BCUT2D eigenvalue weighted by molar-refractivity contribution is 6.00. The molecule has 0 aliphatic carbocycles. The molecule has 6 nitrogen and oxygen atoms in total. The maximum absolute atomic E-state index is 13.5. The number of hydrogen-bond acceptors (Lipinski definition) is 3. The van der Waals surface area contributed by atoms with E-state index < -0.39 is 0 Å². The van der Waals surface area contributed by atoms with E-state index in [1.807, 2.05) is 38.1 Å². The summed E-state index contributed by atoms with van der Waals surface area (Å²) in [5.74, 6) is -0.411. The van der Waals surface area contributed by atoms with Gasteiger partial charge in [-0.3, -0.25) is 9.59 Å². The van der Waals surface area contributed by atoms with E-state index in [0.29, 0.717) is 49.4 Å². The van der Waals surface area contributed by atoms with Crippen LogP contribution in [0, 0.1) is 18.7 Å². The van der Waals surface area contributed by atoms with Crippen molar-refractivity contribution in [2.75, 3.05) is 19.6 Å². The summed E-state index contributed by atoms with van der Waals surface area (Å²) in [6.45, 7) is 5.76. The summed E-state index contributed by atoms with van der Waals surface area (Å²) in [6, 6.07) is 13.9. The number of rotatable bonds is 6. The normalized spacial score (nSPS) is 14.3. The Labute approximate surface area is 193 Å². The number of hydrogen-bond donors (Lipinski definition) is 1. The average Bonchev–Trinajstić information content (AvgIpc) is 3.28. The molecule has 172 valence electrons. The maximum atomic E-state index is 13.5. The molecule has 0 spiro atoms. The second-order valence-corrected chi connectivity index (χ2v) is 8.54. The minimum Gasteiger partial charge on any atom is -0.356 e. The molecule has 33 heavy (non-hydrogen) atoms. The van der Waals surface area contributed by atoms with Crippen LogP contribution in [0.15, 0.2) is 54.7 Å². The van der Waals surface area contributed by atoms with Crippen LogP contribution in [0.4, 0.5) is 4.39 Å². The van der Waals surface area contributed by atoms with E-state index >= 15 is 0 Å². The van der Waals surface area contributed by atoms with Crippen LogP contribution in [-0.2, 0) is 4.79 Å². The third kappa shape index (κ3) is 5.13. The van der Waals surface area contributed by atoms with Crippen molar-refractivity contribution < 1.29 is 14.0 Å². The molecule has 0 unspecified atom stereocenters. The first kappa shape index (κ1) is 22.7. The van der Waals surface area contributed by atoms with Gasteiger partial charge in [0.25, 0.3) is 5.91 Å². The van der Waals surface area contributed by atoms with E-state index in [9.17, 15) is 14.0 Å². The predicted octanol–water partition coefficient (Wildman–Crippen LogP) is 4.37. The smallest absolute Gasteiger partial charge is 0.257 e. The van der Waals surface area contributed by atoms with Crippen LogP contribution in [0.25, 0.3) is 16.9 Å². The lowest BCUT2D eigenvalue weighted by atomic mass is 9.95. The van der Waals surface area contributed by atoms with Gasteiger partial charge in [-0.15, -0.1) is 0 Å². The number of nitrogens with one attached hydrogen (secondary N) is 1. The van der Waals surface area contributed by atoms with Crippen molar-refractivity contribution in [3.05, 3.63) is 71.7 Å². The van der Waals surface area contributed by atoms with E-state index in [4.69, 9.17) is 5.10 Å². The highest BCUT2D eigenvalue weighted by Gasteiger charge is 2.30. The van der Waals surface area contributed by atoms with Crippen molar-refractivity contribution in [3.8, 4) is 16.9 Å². The number of carbonyl (C=O) groups excluding carboxylic acids is 2. The van der Waals surface area contributed by atoms with Gasteiger partial charge in [-0.1, -0.05) is 30.7 Å². The standard InChI is InChI=1S/C26H29FN4O2/c1-3-13-28-25(32)19-11-14-30(15-12-19)26(33)23-17-31(22-9-7-21(27)8-10-22)29-24(23)20-6-4-5-18(2)16-20/h4-10,16-17,19H,3,11-15H2,1-2H3,(H,28,32). The summed E-state index contributed by atoms with van der Waals surface area (Å²) in [4.78, 5) is 27.6. The van der Waals surface area contributed by atoms with Crippen LogP contribution in [0.1, 0.15) is 42.1 Å². The monoisotopic (exact) mass is 448 g/mol. The molecule has 4 rings (SSSR count). The third-order valence-electron chi connectivity index (χ3n) is 6.03. The molecule has 1 saturated heterocycles. The van der Waals surface area contributed by atoms with Gasteiger partial charge < -0.3 is 10.2 Å². The first-order valence-electron chi connectivity index (χ1n) is 11.5. The fourth-order valence-electron chi connectivity index (χ4n) is 4.17. The largest absolute Gasteiger partial charge is 0.356 e. The van der Waals surface area contributed by atoms with Crippen molar-refractivity contribution in [3.63, 3.8) is 0 Å². The zero-order valence-electron chi connectivity index (χ0n) is 19.1. The fraction of sp³-hybridized carbons (Fsp3) is 0.346. The van der Waals surface area contributed by atoms with E-state index in [2.05, 4.69) is 5.32 Å². The minimum atomic E-state index is -0.327. The Morgan fingerprint density at radius 1 is 1.12 bits per heavy atom. The highest BCUT2D eigenvalue weighted by atomic mass is 19.1. The van der Waals surface area contributed by atoms with Crippen LogP contribution in [-0.4, -0.2) is 46.1 Å². The number of aryl methyl sites for hydroxylation is 1. The Hall–Kier alpha value is -3.48. The van der Waals surface area contributed by atoms with Crippen LogP contribution >= 0.6 is 0 Å². The quantitative estimate of drug-likeness (QED) is 0.609. The number of benzene rings is 2. The maximum Gasteiger partial charge on any atom is 0.257 e. The highest BCUT2D eigenvalue weighted by Crippen LogP contribution is 2.27. The number of nitrogens with zero attached hydrogens (tertiary/aromatic N) is 3. The number of carbonyl (C=O) groups is 2. The molecule has 0 bridgehead atoms. The number of likely N-dealkylation sites (tertiary alicyclic amines) is 1. The van der Waals surface area contributed by atoms with Crippen LogP contribution in [0.5, 0.6) is 0 Å². The number of amides is 2. The molecule has 1 aromatic heterocycles. The number of aromatic nitrogens is 2. The van der Waals surface area contributed by atoms with E-state index in [1.54, 1.807) is 27.9 Å². The second-order valence-electron chi connectivity index (χ2n) is 8.54. The van der Waals surface area contributed by atoms with Gasteiger partial charge in [0.1, 0.15) is 11.5 Å². The SMILES string of the molecule is CCCNC(=O)C1CCN(C(=O)c2cn(-c3ccc(F)cc3)nc2-c2cccc(C)c2)CC1. The molecule has 1 aliphatic rings. The first-order valence-corrected chi connectivity index (χ1v) is 11.5. The van der Waals surface area contributed by atoms with Crippen molar-refractivity contribution in [2.24, 2.45) is 5.92 Å². The Kier molecular flexibility index (Phi) is 6.87. The molecular weight excluding hydrogens is 419 g/mol. The Morgan fingerprint density at radius 2 is 1.85 bits per heavy atom. The van der Waals surface area contributed by atoms with E-state index in [0.717, 1.165) is 17.5 Å². The lowest BCUT2D eigenvalue weighted by Crippen LogP contribution is -2.43. The first-order chi connectivity index (χ1) is 16.0. The van der Waals surface area contributed by atoms with Gasteiger partial charge in [0.05, 0.1) is 11.3 Å². The van der Waals surface area contributed by atoms with Crippen molar-refractivity contribution >= 4 is 11.8 Å². The molecule has 2 amide bonds. The fourth-order valence-corrected chi connectivity index (χ4v) is 4.17. The van der Waals surface area contributed by atoms with Gasteiger partial charge in [-0.05, 0) is 56.5 Å². The Bertz CT molecular complexity index is 1130. The molecule has 2 heterocycles. The molecular formula is C26H29FN4O2. The average molecular weight is 449 g/mol. The molecule has 2 aromatic carbocycles. The molecule has 3 aromatic rings. The summed E-state index contributed by atoms with van der Waals surface area (Å²) < 4.78 is 15.0. The molecule has 0 radical (unpaired) electrons. The summed E-state index contributed by atoms with van der Waals surface area (Å²) in [6.07, 6.45) is 3.91. The van der Waals surface area contributed by atoms with Gasteiger partial charge in [0.2, 0.25) is 5.91 Å². The second kappa shape index (κ2) is 9.98. The van der Waals surface area contributed by atoms with Crippen molar-refractivity contribution in [2.45, 2.75) is 33.1 Å². The Balaban J connectivity index is 1.60. The summed E-state index contributed by atoms with van der Waals surface area (Å²) in [7, 11) is 0. The minimum absolute atomic E-state index is 0.0567. The summed E-state index contributed by atoms with van der Waals surface area (Å²) >= 11 is 0. The van der Waals surface area contributed by atoms with Crippen LogP contribution in [0.2, 0.25) is 0 Å². The molecule has 1 N–H and O–H groups in total. The van der Waals surface area contributed by atoms with Crippen molar-refractivity contribution in [1.82, 2.24) is 20.0 Å². The van der Waals surface area contributed by atoms with Gasteiger partial charge in [0, 0.05) is 37.3 Å². The predicted molar refractivity (Wildman–Crippen MR) is 126 cm³/mol. The van der Waals surface area contributed by atoms with E-state index in [1.165, 1.54) is 12.1 Å².